The summed E-state index contributed by atoms with van der Waals surface area (Å²) in [7, 11) is 0. The summed E-state index contributed by atoms with van der Waals surface area (Å²) in [5, 5.41) is 0. The van der Waals surface area contributed by atoms with Gasteiger partial charge in [0, 0.05) is 19.6 Å². The third-order valence-electron chi connectivity index (χ3n) is 2.46. The molecule has 0 fully saturated rings. The second-order valence-electron chi connectivity index (χ2n) is 5.54. The molecule has 1 rings (SSSR count). The predicted octanol–water partition coefficient (Wildman–Crippen LogP) is 2.78. The largest absolute Gasteiger partial charge is 0.384 e. The van der Waals surface area contributed by atoms with Gasteiger partial charge in [-0.15, -0.1) is 0 Å². The fraction of sp³-hybridized carbons (Fsp3) is 0.643. The molecular weight excluding hydrogens is 210 g/mol. The highest BCUT2D eigenvalue weighted by molar-refractivity contribution is 5.28. The summed E-state index contributed by atoms with van der Waals surface area (Å²) in [5.74, 6) is 1.96. The summed E-state index contributed by atoms with van der Waals surface area (Å²) in [4.78, 5) is 6.82. The first-order valence-corrected chi connectivity index (χ1v) is 6.41. The van der Waals surface area contributed by atoms with Crippen molar-refractivity contribution in [2.45, 2.75) is 34.2 Å². The molecule has 3 heteroatoms. The standard InChI is InChI=1S/C14H25N3/c1-11(2)8-17(9-12(3)4)10-13-6-5-7-14(15)16-13/h5-7,11-12H,8-10H2,1-4H3,(H2,15,16). The number of nitrogens with two attached hydrogens (primary N) is 1. The Balaban J connectivity index is 2.64. The van der Waals surface area contributed by atoms with E-state index >= 15 is 0 Å². The van der Waals surface area contributed by atoms with Gasteiger partial charge in [0.1, 0.15) is 5.82 Å². The van der Waals surface area contributed by atoms with E-state index in [-0.39, 0.29) is 0 Å². The number of pyridine rings is 1. The van der Waals surface area contributed by atoms with Gasteiger partial charge in [0.25, 0.3) is 0 Å². The monoisotopic (exact) mass is 235 g/mol. The molecule has 96 valence electrons. The fourth-order valence-electron chi connectivity index (χ4n) is 2.05. The Morgan fingerprint density at radius 1 is 1.12 bits per heavy atom. The molecule has 0 atom stereocenters. The lowest BCUT2D eigenvalue weighted by molar-refractivity contribution is 0.209. The molecule has 0 saturated heterocycles. The van der Waals surface area contributed by atoms with Crippen LogP contribution in [0.5, 0.6) is 0 Å². The van der Waals surface area contributed by atoms with Crippen molar-refractivity contribution >= 4 is 5.82 Å². The minimum absolute atomic E-state index is 0.608. The van der Waals surface area contributed by atoms with Crippen molar-refractivity contribution in [3.05, 3.63) is 23.9 Å². The van der Waals surface area contributed by atoms with E-state index in [0.717, 1.165) is 25.3 Å². The maximum absolute atomic E-state index is 5.71. The smallest absolute Gasteiger partial charge is 0.123 e. The molecule has 0 radical (unpaired) electrons. The molecule has 0 saturated carbocycles. The zero-order chi connectivity index (χ0) is 12.8. The normalized spacial score (nSPS) is 11.7. The van der Waals surface area contributed by atoms with Crippen molar-refractivity contribution in [1.82, 2.24) is 9.88 Å². The van der Waals surface area contributed by atoms with Crippen LogP contribution in [-0.2, 0) is 6.54 Å². The highest BCUT2D eigenvalue weighted by Gasteiger charge is 2.10. The zero-order valence-corrected chi connectivity index (χ0v) is 11.5. The van der Waals surface area contributed by atoms with E-state index in [0.29, 0.717) is 17.7 Å². The van der Waals surface area contributed by atoms with E-state index in [4.69, 9.17) is 5.73 Å². The van der Waals surface area contributed by atoms with Crippen LogP contribution < -0.4 is 5.73 Å². The summed E-state index contributed by atoms with van der Waals surface area (Å²) < 4.78 is 0. The maximum Gasteiger partial charge on any atom is 0.123 e. The first-order valence-electron chi connectivity index (χ1n) is 6.41. The van der Waals surface area contributed by atoms with Gasteiger partial charge < -0.3 is 5.73 Å². The number of hydrogen-bond donors (Lipinski definition) is 1. The summed E-state index contributed by atoms with van der Waals surface area (Å²) >= 11 is 0. The van der Waals surface area contributed by atoms with E-state index < -0.39 is 0 Å². The number of aromatic nitrogens is 1. The van der Waals surface area contributed by atoms with Gasteiger partial charge in [-0.1, -0.05) is 33.8 Å². The van der Waals surface area contributed by atoms with Crippen LogP contribution >= 0.6 is 0 Å². The van der Waals surface area contributed by atoms with E-state index in [1.54, 1.807) is 0 Å². The number of nitrogens with zero attached hydrogens (tertiary/aromatic N) is 2. The lowest BCUT2D eigenvalue weighted by Gasteiger charge is -2.25. The van der Waals surface area contributed by atoms with Gasteiger partial charge in [0.2, 0.25) is 0 Å². The molecule has 0 unspecified atom stereocenters. The number of hydrogen-bond acceptors (Lipinski definition) is 3. The average Bonchev–Trinajstić information content (AvgIpc) is 2.14. The maximum atomic E-state index is 5.71. The summed E-state index contributed by atoms with van der Waals surface area (Å²) in [6.07, 6.45) is 0. The molecule has 1 aromatic rings. The third kappa shape index (κ3) is 5.68. The van der Waals surface area contributed by atoms with Crippen LogP contribution in [0.2, 0.25) is 0 Å². The predicted molar refractivity (Wildman–Crippen MR) is 73.6 cm³/mol. The van der Waals surface area contributed by atoms with Gasteiger partial charge in [0.05, 0.1) is 5.69 Å². The Bertz CT molecular complexity index is 324. The van der Waals surface area contributed by atoms with Crippen molar-refractivity contribution in [2.24, 2.45) is 11.8 Å². The molecule has 0 amide bonds. The van der Waals surface area contributed by atoms with Crippen LogP contribution in [-0.4, -0.2) is 23.0 Å². The molecule has 1 heterocycles. The Labute approximate surface area is 105 Å². The van der Waals surface area contributed by atoms with E-state index in [2.05, 4.69) is 37.6 Å². The van der Waals surface area contributed by atoms with E-state index in [1.807, 2.05) is 18.2 Å². The second kappa shape index (κ2) is 6.60. The van der Waals surface area contributed by atoms with Crippen molar-refractivity contribution in [1.29, 1.82) is 0 Å². The molecule has 0 aromatic carbocycles. The zero-order valence-electron chi connectivity index (χ0n) is 11.5. The fourth-order valence-corrected chi connectivity index (χ4v) is 2.05. The van der Waals surface area contributed by atoms with Gasteiger partial charge in [-0.05, 0) is 24.0 Å². The Hall–Kier alpha value is -1.09. The molecule has 0 aliphatic rings. The quantitative estimate of drug-likeness (QED) is 0.824. The molecular formula is C14H25N3. The van der Waals surface area contributed by atoms with Crippen molar-refractivity contribution < 1.29 is 0 Å². The highest BCUT2D eigenvalue weighted by Crippen LogP contribution is 2.09. The van der Waals surface area contributed by atoms with Gasteiger partial charge in [0.15, 0.2) is 0 Å². The second-order valence-corrected chi connectivity index (χ2v) is 5.54. The Morgan fingerprint density at radius 3 is 2.18 bits per heavy atom. The molecule has 1 aromatic heterocycles. The molecule has 0 bridgehead atoms. The highest BCUT2D eigenvalue weighted by atomic mass is 15.1. The number of nitrogen functional groups attached to an aromatic ring is 1. The van der Waals surface area contributed by atoms with Crippen molar-refractivity contribution in [3.63, 3.8) is 0 Å². The lowest BCUT2D eigenvalue weighted by atomic mass is 10.1. The minimum atomic E-state index is 0.608. The lowest BCUT2D eigenvalue weighted by Crippen LogP contribution is -2.31. The SMILES string of the molecule is CC(C)CN(Cc1cccc(N)n1)CC(C)C. The van der Waals surface area contributed by atoms with Crippen LogP contribution in [0.25, 0.3) is 0 Å². The van der Waals surface area contributed by atoms with E-state index in [9.17, 15) is 0 Å². The third-order valence-corrected chi connectivity index (χ3v) is 2.46. The summed E-state index contributed by atoms with van der Waals surface area (Å²) in [6.45, 7) is 12.1. The topological polar surface area (TPSA) is 42.1 Å². The molecule has 0 aliphatic carbocycles. The van der Waals surface area contributed by atoms with Crippen LogP contribution in [0.15, 0.2) is 18.2 Å². The van der Waals surface area contributed by atoms with E-state index in [1.165, 1.54) is 0 Å². The molecule has 0 aliphatic heterocycles. The van der Waals surface area contributed by atoms with Crippen LogP contribution in [0.3, 0.4) is 0 Å². The Kier molecular flexibility index (Phi) is 5.42. The van der Waals surface area contributed by atoms with Gasteiger partial charge in [-0.25, -0.2) is 4.98 Å². The average molecular weight is 235 g/mol. The minimum Gasteiger partial charge on any atom is -0.384 e. The first-order chi connectivity index (χ1) is 7.97. The molecule has 3 nitrogen and oxygen atoms in total. The van der Waals surface area contributed by atoms with Crippen molar-refractivity contribution in [3.8, 4) is 0 Å². The number of rotatable bonds is 6. The molecule has 2 N–H and O–H groups in total. The van der Waals surface area contributed by atoms with Crippen LogP contribution in [0.1, 0.15) is 33.4 Å². The Morgan fingerprint density at radius 2 is 1.71 bits per heavy atom. The van der Waals surface area contributed by atoms with Gasteiger partial charge in [-0.3, -0.25) is 4.90 Å². The van der Waals surface area contributed by atoms with Crippen LogP contribution in [0.4, 0.5) is 5.82 Å². The van der Waals surface area contributed by atoms with Crippen LogP contribution in [0, 0.1) is 11.8 Å². The molecule has 0 spiro atoms. The summed E-state index contributed by atoms with van der Waals surface area (Å²) in [5.41, 5.74) is 6.77. The van der Waals surface area contributed by atoms with Gasteiger partial charge >= 0.3 is 0 Å². The van der Waals surface area contributed by atoms with Crippen molar-refractivity contribution in [2.75, 3.05) is 18.8 Å². The number of anilines is 1. The molecule has 17 heavy (non-hydrogen) atoms. The van der Waals surface area contributed by atoms with Gasteiger partial charge in [-0.2, -0.15) is 0 Å². The summed E-state index contributed by atoms with van der Waals surface area (Å²) in [6, 6.07) is 5.85. The first kappa shape index (κ1) is 14.0.